The highest BCUT2D eigenvalue weighted by Gasteiger charge is 2.52. The van der Waals surface area contributed by atoms with Crippen molar-refractivity contribution in [2.75, 3.05) is 4.90 Å². The number of thiophene rings is 1. The van der Waals surface area contributed by atoms with Gasteiger partial charge in [-0.2, -0.15) is 0 Å². The molecule has 1 unspecified atom stereocenters. The van der Waals surface area contributed by atoms with Gasteiger partial charge in [-0.1, -0.05) is 158 Å². The zero-order chi connectivity index (χ0) is 36.1. The third-order valence-corrected chi connectivity index (χ3v) is 13.3. The van der Waals surface area contributed by atoms with Crippen molar-refractivity contribution in [3.8, 4) is 33.4 Å². The van der Waals surface area contributed by atoms with Gasteiger partial charge in [0.15, 0.2) is 0 Å². The Labute approximate surface area is 324 Å². The third-order valence-electron chi connectivity index (χ3n) is 12.1. The summed E-state index contributed by atoms with van der Waals surface area (Å²) in [6.45, 7) is 0. The Morgan fingerprint density at radius 1 is 0.364 bits per heavy atom. The summed E-state index contributed by atoms with van der Waals surface area (Å²) >= 11 is 1.93. The summed E-state index contributed by atoms with van der Waals surface area (Å²) in [6, 6.07) is 74.3. The predicted molar refractivity (Wildman–Crippen MR) is 233 cm³/mol. The Kier molecular flexibility index (Phi) is 6.49. The normalized spacial score (nSPS) is 15.0. The van der Waals surface area contributed by atoms with Crippen LogP contribution in [-0.2, 0) is 5.41 Å². The zero-order valence-corrected chi connectivity index (χ0v) is 30.7. The van der Waals surface area contributed by atoms with Gasteiger partial charge in [-0.25, -0.2) is 0 Å². The van der Waals surface area contributed by atoms with Crippen molar-refractivity contribution in [1.82, 2.24) is 0 Å². The van der Waals surface area contributed by atoms with Crippen molar-refractivity contribution in [3.63, 3.8) is 0 Å². The number of hydrogen-bond acceptors (Lipinski definition) is 2. The van der Waals surface area contributed by atoms with Crippen LogP contribution in [0.5, 0.6) is 0 Å². The van der Waals surface area contributed by atoms with Crippen LogP contribution in [-0.4, -0.2) is 0 Å². The molecule has 0 radical (unpaired) electrons. The van der Waals surface area contributed by atoms with Crippen molar-refractivity contribution in [2.45, 2.75) is 5.41 Å². The number of rotatable bonds is 4. The molecule has 1 aromatic heterocycles. The Bertz CT molecular complexity index is 3150. The second-order valence-corrected chi connectivity index (χ2v) is 15.8. The Hall–Kier alpha value is -6.74. The van der Waals surface area contributed by atoms with Crippen molar-refractivity contribution >= 4 is 59.3 Å². The molecule has 2 aliphatic carbocycles. The lowest BCUT2D eigenvalue weighted by Crippen LogP contribution is -2.26. The minimum atomic E-state index is -0.446. The molecule has 256 valence electrons. The maximum absolute atomic E-state index is 2.49. The molecule has 1 nitrogen and oxygen atoms in total. The van der Waals surface area contributed by atoms with Gasteiger partial charge >= 0.3 is 0 Å². The maximum Gasteiger partial charge on any atom is 0.0726 e. The van der Waals surface area contributed by atoms with Crippen molar-refractivity contribution in [1.29, 1.82) is 0 Å². The second kappa shape index (κ2) is 11.6. The number of anilines is 3. The van der Waals surface area contributed by atoms with Crippen LogP contribution >= 0.6 is 11.3 Å². The minimum Gasteiger partial charge on any atom is -0.310 e. The van der Waals surface area contributed by atoms with Crippen molar-refractivity contribution in [3.05, 3.63) is 222 Å². The maximum atomic E-state index is 2.49. The standard InChI is InChI=1S/C53H33NS/c1-2-15-36(16-3-1)54(37-27-25-35(26-28-37)40-21-12-14-34-13-4-5-17-39(34)40)38-29-30-42-41-18-6-9-22-46(41)53(49(42)33-38)47-23-10-7-20-45(47)51-48(53)32-31-44-43-19-8-11-24-50(43)55-52(44)51/h1-33H. The molecule has 1 spiro atoms. The molecule has 2 heteroatoms. The summed E-state index contributed by atoms with van der Waals surface area (Å²) in [5.41, 5.74) is 16.2. The smallest absolute Gasteiger partial charge is 0.0726 e. The van der Waals surface area contributed by atoms with Crippen LogP contribution in [0.15, 0.2) is 200 Å². The fourth-order valence-electron chi connectivity index (χ4n) is 9.82. The molecule has 0 amide bonds. The molecule has 0 saturated heterocycles. The average Bonchev–Trinajstić information content (AvgIpc) is 3.88. The average molecular weight is 716 g/mol. The van der Waals surface area contributed by atoms with Gasteiger partial charge in [0.05, 0.1) is 5.41 Å². The molecular weight excluding hydrogens is 683 g/mol. The number of hydrogen-bond donors (Lipinski definition) is 0. The molecule has 9 aromatic carbocycles. The van der Waals surface area contributed by atoms with Crippen LogP contribution in [0.25, 0.3) is 64.3 Å². The minimum absolute atomic E-state index is 0.446. The van der Waals surface area contributed by atoms with E-state index in [0.29, 0.717) is 0 Å². The van der Waals surface area contributed by atoms with Gasteiger partial charge in [-0.3, -0.25) is 0 Å². The van der Waals surface area contributed by atoms with Crippen LogP contribution in [0.4, 0.5) is 17.1 Å². The molecule has 12 rings (SSSR count). The summed E-state index contributed by atoms with van der Waals surface area (Å²) in [6.07, 6.45) is 0. The topological polar surface area (TPSA) is 3.24 Å². The molecule has 0 N–H and O–H groups in total. The summed E-state index contributed by atoms with van der Waals surface area (Å²) in [7, 11) is 0. The molecule has 0 saturated carbocycles. The first kappa shape index (κ1) is 30.7. The quantitative estimate of drug-likeness (QED) is 0.175. The van der Waals surface area contributed by atoms with E-state index in [1.165, 1.54) is 86.6 Å². The highest BCUT2D eigenvalue weighted by Crippen LogP contribution is 2.65. The van der Waals surface area contributed by atoms with E-state index >= 15 is 0 Å². The molecule has 0 fully saturated rings. The SMILES string of the molecule is c1ccc(N(c2ccc(-c3cccc4ccccc34)cc2)c2ccc3c(c2)C2(c4ccccc4-3)c3ccccc3-c3c2ccc2c3sc3ccccc32)cc1. The summed E-state index contributed by atoms with van der Waals surface area (Å²) in [5, 5.41) is 5.20. The summed E-state index contributed by atoms with van der Waals surface area (Å²) < 4.78 is 2.71. The van der Waals surface area contributed by atoms with Crippen LogP contribution in [0.3, 0.4) is 0 Å². The lowest BCUT2D eigenvalue weighted by atomic mass is 9.70. The zero-order valence-electron chi connectivity index (χ0n) is 29.9. The van der Waals surface area contributed by atoms with E-state index in [1.54, 1.807) is 0 Å². The summed E-state index contributed by atoms with van der Waals surface area (Å²) in [4.78, 5) is 2.42. The highest BCUT2D eigenvalue weighted by atomic mass is 32.1. The first-order valence-corrected chi connectivity index (χ1v) is 19.8. The Balaban J connectivity index is 1.09. The van der Waals surface area contributed by atoms with Crippen LogP contribution in [0, 0.1) is 0 Å². The number of nitrogens with zero attached hydrogens (tertiary/aromatic N) is 1. The molecule has 0 bridgehead atoms. The van der Waals surface area contributed by atoms with Gasteiger partial charge in [-0.15, -0.1) is 11.3 Å². The van der Waals surface area contributed by atoms with Crippen molar-refractivity contribution in [2.24, 2.45) is 0 Å². The van der Waals surface area contributed by atoms with Gasteiger partial charge in [0.1, 0.15) is 0 Å². The van der Waals surface area contributed by atoms with E-state index in [0.717, 1.165) is 17.1 Å². The molecule has 0 aliphatic heterocycles. The molecule has 55 heavy (non-hydrogen) atoms. The van der Waals surface area contributed by atoms with Crippen LogP contribution in [0.1, 0.15) is 22.3 Å². The molecular formula is C53H33NS. The first-order valence-electron chi connectivity index (χ1n) is 19.0. The van der Waals surface area contributed by atoms with Gasteiger partial charge in [0, 0.05) is 42.8 Å². The fraction of sp³-hybridized carbons (Fsp3) is 0.0189. The lowest BCUT2D eigenvalue weighted by molar-refractivity contribution is 0.794. The lowest BCUT2D eigenvalue weighted by Gasteiger charge is -2.32. The number of para-hydroxylation sites is 1. The van der Waals surface area contributed by atoms with Gasteiger partial charge in [-0.05, 0) is 103 Å². The molecule has 1 atom stereocenters. The van der Waals surface area contributed by atoms with Gasteiger partial charge in [0.25, 0.3) is 0 Å². The fourth-order valence-corrected chi connectivity index (χ4v) is 11.1. The van der Waals surface area contributed by atoms with E-state index in [9.17, 15) is 0 Å². The van der Waals surface area contributed by atoms with E-state index in [2.05, 4.69) is 205 Å². The van der Waals surface area contributed by atoms with E-state index in [1.807, 2.05) is 11.3 Å². The third kappa shape index (κ3) is 4.23. The van der Waals surface area contributed by atoms with Crippen molar-refractivity contribution < 1.29 is 0 Å². The van der Waals surface area contributed by atoms with Gasteiger partial charge in [0.2, 0.25) is 0 Å². The largest absolute Gasteiger partial charge is 0.310 e. The second-order valence-electron chi connectivity index (χ2n) is 14.8. The van der Waals surface area contributed by atoms with Crippen LogP contribution < -0.4 is 4.90 Å². The van der Waals surface area contributed by atoms with E-state index in [4.69, 9.17) is 0 Å². The first-order chi connectivity index (χ1) is 27.3. The molecule has 1 heterocycles. The Morgan fingerprint density at radius 3 is 1.84 bits per heavy atom. The van der Waals surface area contributed by atoms with Crippen LogP contribution in [0.2, 0.25) is 0 Å². The summed E-state index contributed by atoms with van der Waals surface area (Å²) in [5.74, 6) is 0. The molecule has 10 aromatic rings. The van der Waals surface area contributed by atoms with E-state index in [-0.39, 0.29) is 0 Å². The molecule has 2 aliphatic rings. The Morgan fingerprint density at radius 2 is 0.982 bits per heavy atom. The van der Waals surface area contributed by atoms with E-state index < -0.39 is 5.41 Å². The monoisotopic (exact) mass is 715 g/mol. The predicted octanol–water partition coefficient (Wildman–Crippen LogP) is 14.7. The number of fused-ring (bicyclic) bond motifs is 15. The van der Waals surface area contributed by atoms with Gasteiger partial charge < -0.3 is 4.90 Å². The number of benzene rings is 9. The highest BCUT2D eigenvalue weighted by molar-refractivity contribution is 7.26.